The summed E-state index contributed by atoms with van der Waals surface area (Å²) in [6, 6.07) is -3.45. The zero-order valence-electron chi connectivity index (χ0n) is 76.2. The number of carbonyl (C=O) groups excluding carboxylic acids is 18. The molecule has 3 aromatic carbocycles. The highest BCUT2D eigenvalue weighted by Crippen LogP contribution is 2.27. The van der Waals surface area contributed by atoms with Gasteiger partial charge in [0.15, 0.2) is 5.96 Å². The number of aromatic amines is 3. The fraction of sp³-hybridized carbons (Fsp3) is 0.506. The minimum absolute atomic E-state index is 0.0224. The second-order valence-electron chi connectivity index (χ2n) is 33.9. The van der Waals surface area contributed by atoms with Gasteiger partial charge >= 0.3 is 0 Å². The summed E-state index contributed by atoms with van der Waals surface area (Å²) in [7, 11) is 2.51. The van der Waals surface area contributed by atoms with E-state index in [0.717, 1.165) is 31.4 Å². The first-order chi connectivity index (χ1) is 64.9. The van der Waals surface area contributed by atoms with Gasteiger partial charge in [-0.15, -0.1) is 11.8 Å². The predicted octanol–water partition coefficient (Wildman–Crippen LogP) is -5.05. The third-order valence-electron chi connectivity index (χ3n) is 23.8. The van der Waals surface area contributed by atoms with Gasteiger partial charge in [-0.3, -0.25) is 91.7 Å². The highest BCUT2D eigenvalue weighted by atomic mass is 32.2. The molecule has 27 N–H and O–H groups in total. The van der Waals surface area contributed by atoms with Crippen molar-refractivity contribution in [3.63, 3.8) is 0 Å². The van der Waals surface area contributed by atoms with Crippen molar-refractivity contribution >= 4 is 146 Å². The van der Waals surface area contributed by atoms with Gasteiger partial charge in [0.2, 0.25) is 106 Å². The summed E-state index contributed by atoms with van der Waals surface area (Å²) in [6.45, 7) is 2.23. The number of aromatic hydroxyl groups is 1. The number of primary amides is 3. The van der Waals surface area contributed by atoms with Gasteiger partial charge in [0, 0.05) is 124 Å². The number of aromatic nitrogens is 4. The number of rotatable bonds is 27. The van der Waals surface area contributed by atoms with Crippen LogP contribution in [0.5, 0.6) is 5.75 Å². The molecule has 136 heavy (non-hydrogen) atoms. The zero-order valence-corrected chi connectivity index (χ0v) is 77.0. The molecule has 3 aliphatic rings. The number of aliphatic hydroxyl groups is 2. The smallest absolute Gasteiger partial charge is 0.246 e. The standard InChI is InChI=1S/C89H123N25O21S/c1-6-8-18-59-85(132)112(5)68(22-9-7-2)82(129)102-58(21-14-30-96-89(93)94)77(124)110-67(76(123)99-41-73(92)120)44-136-45-74(121)101-64(32-48-24-26-52(116)27-25-48)86(133)111(4)47(3)75(122)108-65(37-72(91)119)88(135)113-31-15-23-69(113)83(130)107-63(35-51-40-95-46-100-51)80(127)104-60(28-29-71(90)118)87(134)114-42-53(117)36-70(114)84(131)106-62(34-50-39-98-57-20-13-11-17-55(50)57)79(126)109-66(43-115)81(128)105-61(78(125)103-59)33-49-38-97-56-19-12-10-16-54(49)56/h10-13,16-17,19-20,24-27,38-40,46-47,53,58-70,97-98,115-117H,6-9,14-15,18,21-23,28-37,41-45H2,1-5H3,(H2,90,118)(H2,91,119)(H2,92,120)(H,95,100)(H,99,123)(H,101,121)(H,102,129)(H,103,125)(H,104,127)(H,105,128)(H,106,131)(H,107,130)(H,108,122)(H,109,126)(H,110,124)(H4,93,94,96)/t47-,53+,58-,59+,60-,61-,62-,63-,64-,65+,66-,67-,68-,69-,70-/m0/s1. The number of para-hydroxylation sites is 2. The number of fused-ring (bicyclic) bond motifs is 4. The zero-order chi connectivity index (χ0) is 99.1. The van der Waals surface area contributed by atoms with Gasteiger partial charge in [0.1, 0.15) is 90.3 Å². The maximum absolute atomic E-state index is 15.4. The average Bonchev–Trinajstić information content (AvgIpc) is 1.59. The van der Waals surface area contributed by atoms with Gasteiger partial charge in [-0.1, -0.05) is 88.1 Å². The maximum atomic E-state index is 15.4. The highest BCUT2D eigenvalue weighted by molar-refractivity contribution is 8.00. The van der Waals surface area contributed by atoms with Gasteiger partial charge < -0.3 is 137 Å². The first kappa shape index (κ1) is 105. The number of likely N-dealkylation sites (N-methyl/N-ethyl adjacent to an activating group) is 2. The number of aliphatic hydroxyl groups excluding tert-OH is 2. The molecule has 47 heteroatoms. The molecule has 0 saturated carbocycles. The molecular weight excluding hydrogens is 1790 g/mol. The molecular formula is C89H123N25O21S. The number of thioether (sulfide) groups is 1. The molecule has 18 amide bonds. The molecule has 15 atom stereocenters. The molecule has 0 bridgehead atoms. The first-order valence-corrected chi connectivity index (χ1v) is 46.1. The minimum atomic E-state index is -1.93. The number of nitrogens with zero attached hydrogens (tertiary/aromatic N) is 5. The van der Waals surface area contributed by atoms with E-state index in [1.165, 1.54) is 57.8 Å². The van der Waals surface area contributed by atoms with E-state index in [-0.39, 0.29) is 88.7 Å². The Kier molecular flexibility index (Phi) is 39.3. The van der Waals surface area contributed by atoms with Crippen LogP contribution < -0.4 is 86.7 Å². The lowest BCUT2D eigenvalue weighted by Crippen LogP contribution is -2.61. The van der Waals surface area contributed by atoms with Crippen molar-refractivity contribution in [1.29, 1.82) is 5.41 Å². The van der Waals surface area contributed by atoms with E-state index in [0.29, 0.717) is 64.2 Å². The molecule has 46 nitrogen and oxygen atoms in total. The van der Waals surface area contributed by atoms with Crippen LogP contribution in [0.4, 0.5) is 0 Å². The number of benzene rings is 3. The number of H-pyrrole nitrogens is 3. The molecule has 0 radical (unpaired) electrons. The van der Waals surface area contributed by atoms with Crippen molar-refractivity contribution in [1.82, 2.24) is 103 Å². The van der Waals surface area contributed by atoms with Crippen LogP contribution in [0, 0.1) is 5.41 Å². The van der Waals surface area contributed by atoms with Crippen molar-refractivity contribution in [3.05, 3.63) is 120 Å². The number of unbranched alkanes of at least 4 members (excludes halogenated alkanes) is 2. The summed E-state index contributed by atoms with van der Waals surface area (Å²) >= 11 is 0.746. The van der Waals surface area contributed by atoms with Gasteiger partial charge in [-0.25, -0.2) is 4.98 Å². The van der Waals surface area contributed by atoms with E-state index in [9.17, 15) is 63.3 Å². The Hall–Kier alpha value is -14.2. The summed E-state index contributed by atoms with van der Waals surface area (Å²) in [4.78, 5) is 279. The Morgan fingerprint density at radius 1 is 0.529 bits per heavy atom. The van der Waals surface area contributed by atoms with Crippen molar-refractivity contribution in [2.24, 2.45) is 22.9 Å². The Labute approximate surface area is 786 Å². The fourth-order valence-electron chi connectivity index (χ4n) is 16.3. The molecule has 3 saturated heterocycles. The van der Waals surface area contributed by atoms with Gasteiger partial charge in [-0.2, -0.15) is 0 Å². The van der Waals surface area contributed by atoms with Crippen LogP contribution in [0.2, 0.25) is 0 Å². The van der Waals surface area contributed by atoms with Crippen LogP contribution >= 0.6 is 11.8 Å². The largest absolute Gasteiger partial charge is 0.508 e. The lowest BCUT2D eigenvalue weighted by Gasteiger charge is -2.33. The Bertz CT molecular complexity index is 5290. The number of phenolic OH excluding ortho intramolecular Hbond substituents is 1. The number of hydrogen-bond donors (Lipinski definition) is 23. The molecule has 0 unspecified atom stereocenters. The van der Waals surface area contributed by atoms with Crippen LogP contribution in [-0.4, -0.2) is 316 Å². The Balaban J connectivity index is 1.10. The summed E-state index contributed by atoms with van der Waals surface area (Å²) in [6.07, 6.45) is 1.79. The summed E-state index contributed by atoms with van der Waals surface area (Å²) in [5, 5.41) is 73.1. The topological polar surface area (TPSA) is 713 Å². The SMILES string of the molecule is CCCC[C@H]1NC(=O)[C@H](Cc2c[nH]c3ccccc23)NC(=O)[C@H](CO)NC(=O)[C@H](Cc2c[nH]c3ccccc23)NC(=O)[C@@H]2C[C@@H](O)CN2C(=O)[C@H](CCC(N)=O)NC(=O)[C@H](Cc2cnc[nH]2)NC(=O)[C@@H]2CCCN2C(=O)[C@@H](CC(N)=O)NC(=O)[C@H](C)N(C)C(=O)[C@H](Cc2ccc(O)cc2)NC(=O)CSC[C@@H](C(=O)NCC(N)=O)NC(=O)[C@H](CCCNC(=N)N)NC(=O)[C@H](CCCC)N(C)C1=O. The van der Waals surface area contributed by atoms with E-state index < -0.39 is 260 Å². The quantitative estimate of drug-likeness (QED) is 0.0130. The van der Waals surface area contributed by atoms with Gasteiger partial charge in [0.05, 0.1) is 37.8 Å². The fourth-order valence-corrected chi connectivity index (χ4v) is 17.2. The van der Waals surface area contributed by atoms with E-state index in [2.05, 4.69) is 83.7 Å². The lowest BCUT2D eigenvalue weighted by atomic mass is 10.0. The highest BCUT2D eigenvalue weighted by Gasteiger charge is 2.46. The molecule has 6 heterocycles. The first-order valence-electron chi connectivity index (χ1n) is 45.0. The monoisotopic (exact) mass is 1910 g/mol. The molecule has 6 aromatic rings. The normalized spacial score (nSPS) is 24.5. The number of amides is 18. The third kappa shape index (κ3) is 29.9. The number of nitrogens with two attached hydrogens (primary N) is 4. The molecule has 3 aromatic heterocycles. The number of guanidine groups is 1. The lowest BCUT2D eigenvalue weighted by molar-refractivity contribution is -0.145. The Morgan fingerprint density at radius 2 is 1.06 bits per heavy atom. The van der Waals surface area contributed by atoms with Crippen LogP contribution in [0.15, 0.2) is 97.7 Å². The average molecular weight is 1910 g/mol. The van der Waals surface area contributed by atoms with Crippen molar-refractivity contribution in [2.45, 2.75) is 227 Å². The van der Waals surface area contributed by atoms with Crippen LogP contribution in [0.1, 0.15) is 133 Å². The van der Waals surface area contributed by atoms with Gasteiger partial charge in [-0.05, 0) is 92.8 Å². The van der Waals surface area contributed by atoms with Crippen molar-refractivity contribution < 1.29 is 102 Å². The molecule has 0 spiro atoms. The number of nitrogens with one attached hydrogen (secondary N) is 16. The van der Waals surface area contributed by atoms with E-state index >= 15 is 38.4 Å². The summed E-state index contributed by atoms with van der Waals surface area (Å²) < 4.78 is 0. The molecule has 9 rings (SSSR count). The van der Waals surface area contributed by atoms with E-state index in [1.54, 1.807) is 60.9 Å². The Morgan fingerprint density at radius 3 is 1.64 bits per heavy atom. The third-order valence-corrected chi connectivity index (χ3v) is 24.9. The minimum Gasteiger partial charge on any atom is -0.508 e. The maximum Gasteiger partial charge on any atom is 0.246 e. The second-order valence-corrected chi connectivity index (χ2v) is 35.0. The van der Waals surface area contributed by atoms with Crippen molar-refractivity contribution in [2.75, 3.05) is 58.4 Å². The summed E-state index contributed by atoms with van der Waals surface area (Å²) in [5.74, 6) is -19.7. The van der Waals surface area contributed by atoms with Crippen LogP contribution in [-0.2, 0) is 112 Å². The molecule has 3 aliphatic heterocycles. The molecule has 0 aliphatic carbocycles. The number of phenols is 1. The number of hydrogen-bond acceptors (Lipinski definition) is 24. The van der Waals surface area contributed by atoms with E-state index in [4.69, 9.17) is 28.3 Å². The molecule has 3 fully saturated rings. The number of imidazole rings is 1. The predicted molar refractivity (Wildman–Crippen MR) is 494 cm³/mol. The number of carbonyl (C=O) groups is 18. The van der Waals surface area contributed by atoms with E-state index in [1.807, 2.05) is 13.8 Å². The van der Waals surface area contributed by atoms with Crippen LogP contribution in [0.3, 0.4) is 0 Å². The molecule has 736 valence electrons. The second kappa shape index (κ2) is 50.7. The summed E-state index contributed by atoms with van der Waals surface area (Å²) in [5.41, 5.74) is 25.1. The van der Waals surface area contributed by atoms with Crippen molar-refractivity contribution in [3.8, 4) is 5.75 Å². The van der Waals surface area contributed by atoms with Gasteiger partial charge in [0.25, 0.3) is 0 Å². The van der Waals surface area contributed by atoms with Crippen LogP contribution in [0.25, 0.3) is 21.8 Å².